The van der Waals surface area contributed by atoms with Crippen molar-refractivity contribution in [2.75, 3.05) is 18.8 Å². The number of carbonyl (C=O) groups excluding carboxylic acids is 3. The Balaban J connectivity index is 1.43. The lowest BCUT2D eigenvalue weighted by Crippen LogP contribution is -2.44. The van der Waals surface area contributed by atoms with Gasteiger partial charge in [0.05, 0.1) is 16.8 Å². The minimum absolute atomic E-state index is 0.167. The Morgan fingerprint density at radius 3 is 2.56 bits per heavy atom. The molecule has 3 N–H and O–H groups in total. The Kier molecular flexibility index (Phi) is 6.89. The van der Waals surface area contributed by atoms with Crippen molar-refractivity contribution in [3.05, 3.63) is 34.2 Å². The van der Waals surface area contributed by atoms with E-state index in [1.54, 1.807) is 25.2 Å². The zero-order valence-electron chi connectivity index (χ0n) is 19.0. The molecule has 2 fully saturated rings. The zero-order valence-corrected chi connectivity index (χ0v) is 19.8. The minimum atomic E-state index is -3.73. The summed E-state index contributed by atoms with van der Waals surface area (Å²) in [7, 11) is -2.12. The summed E-state index contributed by atoms with van der Waals surface area (Å²) in [5, 5.41) is 5.42. The number of piperidine rings is 2. The number of hydrogen-bond donors (Lipinski definition) is 3. The van der Waals surface area contributed by atoms with Gasteiger partial charge in [0.1, 0.15) is 6.04 Å². The summed E-state index contributed by atoms with van der Waals surface area (Å²) in [4.78, 5) is 48.8. The van der Waals surface area contributed by atoms with Crippen molar-refractivity contribution in [1.82, 2.24) is 24.5 Å². The molecule has 1 unspecified atom stereocenters. The molecule has 3 amide bonds. The summed E-state index contributed by atoms with van der Waals surface area (Å²) in [6.45, 7) is 1.41. The molecular weight excluding hydrogens is 462 g/mol. The maximum absolute atomic E-state index is 12.8. The fourth-order valence-corrected chi connectivity index (χ4v) is 5.73. The first kappa shape index (κ1) is 24.1. The molecule has 4 rings (SSSR count). The number of carbonyl (C=O) groups is 3. The van der Waals surface area contributed by atoms with Crippen LogP contribution in [-0.2, 0) is 37.9 Å². The number of nitrogens with one attached hydrogen (secondary N) is 3. The van der Waals surface area contributed by atoms with Crippen molar-refractivity contribution >= 4 is 38.8 Å². The molecule has 2 aromatic rings. The molecule has 2 saturated heterocycles. The normalized spacial score (nSPS) is 19.9. The smallest absolute Gasteiger partial charge is 0.317 e. The summed E-state index contributed by atoms with van der Waals surface area (Å²) < 4.78 is 29.8. The van der Waals surface area contributed by atoms with Crippen molar-refractivity contribution in [1.29, 1.82) is 0 Å². The van der Waals surface area contributed by atoms with E-state index in [9.17, 15) is 27.6 Å². The first-order valence-electron chi connectivity index (χ1n) is 11.4. The summed E-state index contributed by atoms with van der Waals surface area (Å²) >= 11 is 0. The van der Waals surface area contributed by atoms with Crippen LogP contribution in [0.2, 0.25) is 0 Å². The molecule has 34 heavy (non-hydrogen) atoms. The van der Waals surface area contributed by atoms with Crippen molar-refractivity contribution in [2.24, 2.45) is 13.0 Å². The monoisotopic (exact) mass is 491 g/mol. The third-order valence-electron chi connectivity index (χ3n) is 6.52. The van der Waals surface area contributed by atoms with Gasteiger partial charge >= 0.3 is 5.69 Å². The summed E-state index contributed by atoms with van der Waals surface area (Å²) in [5.41, 5.74) is 1.68. The molecule has 3 heterocycles. The highest BCUT2D eigenvalue weighted by atomic mass is 32.2. The number of aryl methyl sites for hydroxylation is 2. The molecule has 11 nitrogen and oxygen atoms in total. The van der Waals surface area contributed by atoms with E-state index in [2.05, 4.69) is 15.4 Å². The summed E-state index contributed by atoms with van der Waals surface area (Å²) in [5.74, 6) is -1.75. The van der Waals surface area contributed by atoms with Crippen molar-refractivity contribution in [3.8, 4) is 0 Å². The molecule has 1 aromatic heterocycles. The Bertz CT molecular complexity index is 1290. The molecular formula is C22H29N5O6S. The van der Waals surface area contributed by atoms with Gasteiger partial charge in [-0.2, -0.15) is 0 Å². The number of amides is 3. The lowest BCUT2D eigenvalue weighted by Gasteiger charge is -2.22. The van der Waals surface area contributed by atoms with Gasteiger partial charge in [-0.25, -0.2) is 13.2 Å². The SMILES string of the molecule is Cn1c(=O)n(C2CCC(=O)NC2=O)c2ccc(CCCS(=O)(=O)NC(=O)C3CCNCC3)cc21. The first-order valence-corrected chi connectivity index (χ1v) is 13.1. The Morgan fingerprint density at radius 2 is 1.85 bits per heavy atom. The van der Waals surface area contributed by atoms with E-state index < -0.39 is 27.9 Å². The van der Waals surface area contributed by atoms with E-state index in [0.29, 0.717) is 49.8 Å². The predicted octanol–water partition coefficient (Wildman–Crippen LogP) is -0.304. The molecule has 12 heteroatoms. The van der Waals surface area contributed by atoms with Crippen LogP contribution >= 0.6 is 0 Å². The van der Waals surface area contributed by atoms with E-state index in [1.165, 1.54) is 9.13 Å². The number of fused-ring (bicyclic) bond motifs is 1. The average Bonchev–Trinajstić information content (AvgIpc) is 3.04. The number of imidazole rings is 1. The van der Waals surface area contributed by atoms with Crippen molar-refractivity contribution in [2.45, 2.75) is 44.6 Å². The second-order valence-electron chi connectivity index (χ2n) is 8.91. The van der Waals surface area contributed by atoms with E-state index in [-0.39, 0.29) is 36.1 Å². The van der Waals surface area contributed by atoms with E-state index in [1.807, 2.05) is 0 Å². The molecule has 0 bridgehead atoms. The van der Waals surface area contributed by atoms with Gasteiger partial charge in [-0.05, 0) is 62.9 Å². The van der Waals surface area contributed by atoms with Gasteiger partial charge in [-0.1, -0.05) is 6.07 Å². The van der Waals surface area contributed by atoms with Crippen LogP contribution in [-0.4, -0.2) is 54.1 Å². The topological polar surface area (TPSA) is 148 Å². The number of hydrogen-bond acceptors (Lipinski definition) is 7. The van der Waals surface area contributed by atoms with Gasteiger partial charge in [0, 0.05) is 19.4 Å². The molecule has 2 aliphatic heterocycles. The molecule has 0 radical (unpaired) electrons. The van der Waals surface area contributed by atoms with Crippen LogP contribution in [0.4, 0.5) is 0 Å². The molecule has 184 valence electrons. The van der Waals surface area contributed by atoms with Gasteiger partial charge in [0.15, 0.2) is 0 Å². The number of imide groups is 1. The molecule has 0 saturated carbocycles. The van der Waals surface area contributed by atoms with Crippen LogP contribution in [0.3, 0.4) is 0 Å². The van der Waals surface area contributed by atoms with Gasteiger partial charge in [0.2, 0.25) is 27.7 Å². The fourth-order valence-electron chi connectivity index (χ4n) is 4.63. The van der Waals surface area contributed by atoms with Crippen molar-refractivity contribution < 1.29 is 22.8 Å². The molecule has 0 aliphatic carbocycles. The Labute approximate surface area is 196 Å². The number of sulfonamides is 1. The maximum Gasteiger partial charge on any atom is 0.329 e. The van der Waals surface area contributed by atoms with Crippen LogP contribution in [0, 0.1) is 5.92 Å². The fraction of sp³-hybridized carbons (Fsp3) is 0.545. The van der Waals surface area contributed by atoms with Crippen LogP contribution in [0.1, 0.15) is 43.7 Å². The van der Waals surface area contributed by atoms with Gasteiger partial charge in [-0.15, -0.1) is 0 Å². The molecule has 1 aromatic carbocycles. The quantitative estimate of drug-likeness (QED) is 0.450. The minimum Gasteiger partial charge on any atom is -0.317 e. The molecule has 2 aliphatic rings. The van der Waals surface area contributed by atoms with E-state index in [0.717, 1.165) is 5.56 Å². The maximum atomic E-state index is 12.8. The van der Waals surface area contributed by atoms with Gasteiger partial charge < -0.3 is 5.32 Å². The summed E-state index contributed by atoms with van der Waals surface area (Å²) in [6, 6.07) is 4.58. The summed E-state index contributed by atoms with van der Waals surface area (Å²) in [6.07, 6.45) is 2.42. The van der Waals surface area contributed by atoms with Crippen molar-refractivity contribution in [3.63, 3.8) is 0 Å². The standard InChI is InChI=1S/C22H29N5O6S/c1-26-18-13-14(3-2-12-34(32,33)25-20(29)15-8-10-23-11-9-15)4-5-16(18)27(22(26)31)17-6-7-19(28)24-21(17)30/h4-5,13,15,17,23H,2-3,6-12H2,1H3,(H,25,29)(H,24,28,30). The molecule has 1 atom stereocenters. The van der Waals surface area contributed by atoms with Crippen LogP contribution in [0.5, 0.6) is 0 Å². The average molecular weight is 492 g/mol. The van der Waals surface area contributed by atoms with Gasteiger partial charge in [-0.3, -0.25) is 33.6 Å². The second-order valence-corrected chi connectivity index (χ2v) is 10.8. The number of rotatable bonds is 7. The zero-order chi connectivity index (χ0) is 24.5. The lowest BCUT2D eigenvalue weighted by atomic mass is 9.98. The predicted molar refractivity (Wildman–Crippen MR) is 124 cm³/mol. The highest BCUT2D eigenvalue weighted by Gasteiger charge is 2.31. The van der Waals surface area contributed by atoms with Gasteiger partial charge in [0.25, 0.3) is 0 Å². The second kappa shape index (κ2) is 9.71. The van der Waals surface area contributed by atoms with E-state index >= 15 is 0 Å². The van der Waals surface area contributed by atoms with Crippen LogP contribution in [0.25, 0.3) is 11.0 Å². The Hall–Kier alpha value is -2.99. The number of aromatic nitrogens is 2. The van der Waals surface area contributed by atoms with Crippen LogP contribution < -0.4 is 21.0 Å². The number of benzene rings is 1. The third-order valence-corrected chi connectivity index (χ3v) is 7.86. The number of nitrogens with zero attached hydrogens (tertiary/aromatic N) is 2. The molecule has 0 spiro atoms. The third kappa shape index (κ3) is 5.07. The van der Waals surface area contributed by atoms with Crippen LogP contribution in [0.15, 0.2) is 23.0 Å². The highest BCUT2D eigenvalue weighted by Crippen LogP contribution is 2.24. The lowest BCUT2D eigenvalue weighted by molar-refractivity contribution is -0.135. The van der Waals surface area contributed by atoms with E-state index in [4.69, 9.17) is 0 Å². The Morgan fingerprint density at radius 1 is 1.12 bits per heavy atom. The largest absolute Gasteiger partial charge is 0.329 e. The first-order chi connectivity index (χ1) is 16.2. The highest BCUT2D eigenvalue weighted by molar-refractivity contribution is 7.90.